The van der Waals surface area contributed by atoms with E-state index < -0.39 is 0 Å². The van der Waals surface area contributed by atoms with Gasteiger partial charge in [0.15, 0.2) is 13.1 Å². The van der Waals surface area contributed by atoms with Gasteiger partial charge in [-0.05, 0) is 30.4 Å². The van der Waals surface area contributed by atoms with Crippen molar-refractivity contribution in [1.29, 1.82) is 0 Å². The van der Waals surface area contributed by atoms with Gasteiger partial charge in [-0.1, -0.05) is 50.4 Å². The summed E-state index contributed by atoms with van der Waals surface area (Å²) >= 11 is 6.10. The van der Waals surface area contributed by atoms with E-state index in [-0.39, 0.29) is 11.8 Å². The molecular weight excluding hydrogens is 388 g/mol. The molecule has 0 aromatic heterocycles. The van der Waals surface area contributed by atoms with Crippen molar-refractivity contribution in [3.8, 4) is 0 Å². The maximum atomic E-state index is 12.5. The number of piperazine rings is 1. The van der Waals surface area contributed by atoms with E-state index in [1.165, 1.54) is 22.6 Å². The fraction of sp³-hybridized carbons (Fsp3) is 0.636. The number of benzene rings is 1. The molecule has 1 saturated heterocycles. The number of halogens is 1. The summed E-state index contributed by atoms with van der Waals surface area (Å²) in [6.07, 6.45) is 3.58. The molecule has 3 atom stereocenters. The number of hydrogen-bond acceptors (Lipinski definition) is 2. The van der Waals surface area contributed by atoms with Crippen LogP contribution in [0.25, 0.3) is 0 Å². The van der Waals surface area contributed by atoms with Crippen LogP contribution in [0.3, 0.4) is 0 Å². The highest BCUT2D eigenvalue weighted by molar-refractivity contribution is 6.33. The first-order valence-corrected chi connectivity index (χ1v) is 11.3. The van der Waals surface area contributed by atoms with Crippen LogP contribution in [0.5, 0.6) is 0 Å². The number of rotatable bonds is 6. The minimum absolute atomic E-state index is 0.0188. The molecule has 7 heteroatoms. The van der Waals surface area contributed by atoms with Crippen molar-refractivity contribution in [3.63, 3.8) is 0 Å². The second-order valence-electron chi connectivity index (χ2n) is 8.82. The third-order valence-corrected chi connectivity index (χ3v) is 7.02. The molecule has 0 spiro atoms. The molecule has 4 N–H and O–H groups in total. The van der Waals surface area contributed by atoms with Crippen molar-refractivity contribution in [2.75, 3.05) is 44.6 Å². The van der Waals surface area contributed by atoms with Gasteiger partial charge in [0.05, 0.1) is 10.7 Å². The molecule has 160 valence electrons. The number of nitrogens with one attached hydrogen (secondary N) is 4. The van der Waals surface area contributed by atoms with Crippen LogP contribution in [0.1, 0.15) is 33.1 Å². The van der Waals surface area contributed by atoms with E-state index in [9.17, 15) is 9.59 Å². The number of para-hydroxylation sites is 1. The predicted molar refractivity (Wildman–Crippen MR) is 115 cm³/mol. The first-order chi connectivity index (χ1) is 13.9. The summed E-state index contributed by atoms with van der Waals surface area (Å²) in [5.74, 6) is 1.40. The predicted octanol–water partition coefficient (Wildman–Crippen LogP) is 0.00280. The quantitative estimate of drug-likeness (QED) is 0.521. The first kappa shape index (κ1) is 22.1. The highest BCUT2D eigenvalue weighted by atomic mass is 35.5. The Morgan fingerprint density at radius 2 is 1.62 bits per heavy atom. The molecule has 0 bridgehead atoms. The summed E-state index contributed by atoms with van der Waals surface area (Å²) in [5, 5.41) is 6.72. The van der Waals surface area contributed by atoms with Crippen LogP contribution >= 0.6 is 11.6 Å². The zero-order valence-electron chi connectivity index (χ0n) is 17.6. The molecule has 0 unspecified atom stereocenters. The third-order valence-electron chi connectivity index (χ3n) is 6.69. The summed E-state index contributed by atoms with van der Waals surface area (Å²) in [6.45, 7) is 9.15. The van der Waals surface area contributed by atoms with Gasteiger partial charge >= 0.3 is 0 Å². The maximum absolute atomic E-state index is 12.5. The molecule has 1 saturated carbocycles. The number of anilines is 1. The Morgan fingerprint density at radius 3 is 2.28 bits per heavy atom. The van der Waals surface area contributed by atoms with Crippen LogP contribution in [0.4, 0.5) is 5.69 Å². The largest absolute Gasteiger partial charge is 0.348 e. The average molecular weight is 423 g/mol. The molecule has 1 heterocycles. The van der Waals surface area contributed by atoms with Crippen LogP contribution in [0.15, 0.2) is 24.3 Å². The molecule has 2 fully saturated rings. The Bertz CT molecular complexity index is 706. The Hall–Kier alpha value is -1.63. The van der Waals surface area contributed by atoms with Crippen LogP contribution in [0, 0.1) is 11.8 Å². The Balaban J connectivity index is 1.37. The van der Waals surface area contributed by atoms with Crippen LogP contribution in [-0.4, -0.2) is 57.1 Å². The summed E-state index contributed by atoms with van der Waals surface area (Å²) < 4.78 is 0. The van der Waals surface area contributed by atoms with Crippen molar-refractivity contribution in [2.24, 2.45) is 11.8 Å². The topological polar surface area (TPSA) is 67.1 Å². The molecule has 1 aliphatic heterocycles. The van der Waals surface area contributed by atoms with Gasteiger partial charge in [0.25, 0.3) is 11.8 Å². The smallest absolute Gasteiger partial charge is 0.279 e. The van der Waals surface area contributed by atoms with Gasteiger partial charge in [-0.3, -0.25) is 9.59 Å². The molecule has 3 rings (SSSR count). The second kappa shape index (κ2) is 10.4. The van der Waals surface area contributed by atoms with Crippen molar-refractivity contribution < 1.29 is 19.4 Å². The molecule has 2 amide bonds. The Kier molecular flexibility index (Phi) is 7.92. The maximum Gasteiger partial charge on any atom is 0.279 e. The summed E-state index contributed by atoms with van der Waals surface area (Å²) in [7, 11) is 0. The fourth-order valence-electron chi connectivity index (χ4n) is 4.57. The van der Waals surface area contributed by atoms with E-state index >= 15 is 0 Å². The SMILES string of the molecule is C[C@@H]1[C@H](C)CCC[C@H]1NC(=O)C[NH+]1CC[NH+](CC(=O)Nc2ccccc2Cl)CC1. The molecule has 2 aliphatic rings. The van der Waals surface area contributed by atoms with Gasteiger partial charge in [-0.25, -0.2) is 0 Å². The van der Waals surface area contributed by atoms with Crippen molar-refractivity contribution >= 4 is 29.1 Å². The third kappa shape index (κ3) is 6.43. The molecule has 1 aliphatic carbocycles. The molecular formula is C22H35ClN4O2+2. The molecule has 1 aromatic carbocycles. The van der Waals surface area contributed by atoms with E-state index in [1.54, 1.807) is 6.07 Å². The standard InChI is InChI=1S/C22H33ClN4O2/c1-16-6-5-9-19(17(16)2)24-21(28)14-26-10-12-27(13-11-26)15-22(29)25-20-8-4-3-7-18(20)23/h3-4,7-8,16-17,19H,5-6,9-15H2,1-2H3,(H,24,28)(H,25,29)/p+2/t16-,17-,19-/m1/s1. The number of hydrogen-bond donors (Lipinski definition) is 4. The van der Waals surface area contributed by atoms with Gasteiger partial charge < -0.3 is 20.4 Å². The van der Waals surface area contributed by atoms with E-state index in [4.69, 9.17) is 11.6 Å². The number of amides is 2. The van der Waals surface area contributed by atoms with Gasteiger partial charge in [0, 0.05) is 6.04 Å². The Morgan fingerprint density at radius 1 is 1.00 bits per heavy atom. The van der Waals surface area contributed by atoms with Crippen molar-refractivity contribution in [2.45, 2.75) is 39.2 Å². The van der Waals surface area contributed by atoms with Crippen LogP contribution < -0.4 is 20.4 Å². The normalized spacial score (nSPS) is 29.8. The first-order valence-electron chi connectivity index (χ1n) is 10.9. The van der Waals surface area contributed by atoms with E-state index in [0.717, 1.165) is 32.6 Å². The lowest BCUT2D eigenvalue weighted by atomic mass is 9.78. The summed E-state index contributed by atoms with van der Waals surface area (Å²) in [6, 6.07) is 7.61. The fourth-order valence-corrected chi connectivity index (χ4v) is 4.75. The Labute approximate surface area is 179 Å². The lowest BCUT2D eigenvalue weighted by Gasteiger charge is -2.35. The molecule has 0 radical (unpaired) electrons. The molecule has 1 aromatic rings. The van der Waals surface area contributed by atoms with Crippen LogP contribution in [0.2, 0.25) is 5.02 Å². The lowest BCUT2D eigenvalue weighted by molar-refractivity contribution is -1.00. The summed E-state index contributed by atoms with van der Waals surface area (Å²) in [5.41, 5.74) is 0.658. The van der Waals surface area contributed by atoms with Crippen molar-refractivity contribution in [3.05, 3.63) is 29.3 Å². The summed E-state index contributed by atoms with van der Waals surface area (Å²) in [4.78, 5) is 27.4. The highest BCUT2D eigenvalue weighted by Gasteiger charge is 2.30. The lowest BCUT2D eigenvalue weighted by Crippen LogP contribution is -3.28. The molecule has 6 nitrogen and oxygen atoms in total. The zero-order chi connectivity index (χ0) is 20.8. The van der Waals surface area contributed by atoms with Crippen molar-refractivity contribution in [1.82, 2.24) is 5.32 Å². The highest BCUT2D eigenvalue weighted by Crippen LogP contribution is 2.29. The van der Waals surface area contributed by atoms with Gasteiger partial charge in [-0.15, -0.1) is 0 Å². The zero-order valence-corrected chi connectivity index (χ0v) is 18.4. The van der Waals surface area contributed by atoms with E-state index in [0.29, 0.717) is 41.7 Å². The number of quaternary nitrogens is 2. The van der Waals surface area contributed by atoms with Gasteiger partial charge in [0.2, 0.25) is 0 Å². The number of carbonyl (C=O) groups excluding carboxylic acids is 2. The van der Waals surface area contributed by atoms with E-state index in [2.05, 4.69) is 24.5 Å². The minimum atomic E-state index is -0.0188. The minimum Gasteiger partial charge on any atom is -0.348 e. The van der Waals surface area contributed by atoms with Crippen LogP contribution in [-0.2, 0) is 9.59 Å². The average Bonchev–Trinajstić information content (AvgIpc) is 2.69. The molecule has 29 heavy (non-hydrogen) atoms. The number of carbonyl (C=O) groups is 2. The van der Waals surface area contributed by atoms with Gasteiger partial charge in [0.1, 0.15) is 26.2 Å². The monoisotopic (exact) mass is 422 g/mol. The van der Waals surface area contributed by atoms with Gasteiger partial charge in [-0.2, -0.15) is 0 Å². The van der Waals surface area contributed by atoms with E-state index in [1.807, 2.05) is 18.2 Å². The second-order valence-corrected chi connectivity index (χ2v) is 9.23.